The summed E-state index contributed by atoms with van der Waals surface area (Å²) in [5.41, 5.74) is 2.71. The second-order valence-corrected chi connectivity index (χ2v) is 5.54. The summed E-state index contributed by atoms with van der Waals surface area (Å²) in [6.45, 7) is 7.27. The van der Waals surface area contributed by atoms with E-state index in [0.29, 0.717) is 9.88 Å². The normalized spacial score (nSPS) is 12.7. The Morgan fingerprint density at radius 2 is 2.11 bits per heavy atom. The molecule has 2 rings (SSSR count). The quantitative estimate of drug-likeness (QED) is 0.693. The lowest BCUT2D eigenvalue weighted by Crippen LogP contribution is -2.00. The van der Waals surface area contributed by atoms with E-state index in [-0.39, 0.29) is 5.69 Å². The molecule has 0 fully saturated rings. The van der Waals surface area contributed by atoms with Crippen LogP contribution in [0.15, 0.2) is 6.07 Å². The lowest BCUT2D eigenvalue weighted by molar-refractivity contribution is -0.384. The van der Waals surface area contributed by atoms with Crippen LogP contribution in [0.25, 0.3) is 5.00 Å². The Bertz CT molecular complexity index is 643. The molecule has 0 unspecified atom stereocenters. The Kier molecular flexibility index (Phi) is 3.42. The molecule has 0 radical (unpaired) electrons. The van der Waals surface area contributed by atoms with Gasteiger partial charge in [0.2, 0.25) is 0 Å². The summed E-state index contributed by atoms with van der Waals surface area (Å²) in [6.07, 6.45) is -0.726. The lowest BCUT2D eigenvalue weighted by atomic mass is 10.2. The zero-order valence-electron chi connectivity index (χ0n) is 11.2. The average molecular weight is 281 g/mol. The Morgan fingerprint density at radius 3 is 2.53 bits per heavy atom. The smallest absolute Gasteiger partial charge is 0.306 e. The highest BCUT2D eigenvalue weighted by Crippen LogP contribution is 2.36. The fourth-order valence-electron chi connectivity index (χ4n) is 1.80. The third-order valence-corrected chi connectivity index (χ3v) is 4.44. The van der Waals surface area contributed by atoms with Gasteiger partial charge in [-0.25, -0.2) is 4.68 Å². The van der Waals surface area contributed by atoms with Crippen molar-refractivity contribution in [1.29, 1.82) is 0 Å². The van der Waals surface area contributed by atoms with Gasteiger partial charge in [-0.2, -0.15) is 5.10 Å². The predicted molar refractivity (Wildman–Crippen MR) is 72.9 cm³/mol. The number of nitro groups is 1. The van der Waals surface area contributed by atoms with E-state index in [1.54, 1.807) is 11.6 Å². The van der Waals surface area contributed by atoms with Gasteiger partial charge in [0.25, 0.3) is 0 Å². The summed E-state index contributed by atoms with van der Waals surface area (Å²) in [5, 5.41) is 25.5. The molecule has 0 amide bonds. The molecule has 0 aliphatic heterocycles. The Morgan fingerprint density at radius 1 is 1.47 bits per heavy atom. The van der Waals surface area contributed by atoms with Crippen LogP contribution in [0.4, 0.5) is 5.69 Å². The Hall–Kier alpha value is -1.73. The Balaban J connectivity index is 2.66. The van der Waals surface area contributed by atoms with Crippen LogP contribution in [-0.2, 0) is 0 Å². The molecule has 2 heterocycles. The molecular formula is C12H15N3O3S. The minimum atomic E-state index is -0.726. The third kappa shape index (κ3) is 2.26. The monoisotopic (exact) mass is 281 g/mol. The van der Waals surface area contributed by atoms with Crippen molar-refractivity contribution in [3.05, 3.63) is 38.0 Å². The summed E-state index contributed by atoms with van der Waals surface area (Å²) in [7, 11) is 0. The van der Waals surface area contributed by atoms with Crippen LogP contribution in [-0.4, -0.2) is 19.8 Å². The van der Waals surface area contributed by atoms with Crippen molar-refractivity contribution < 1.29 is 10.0 Å². The summed E-state index contributed by atoms with van der Waals surface area (Å²) < 4.78 is 1.58. The van der Waals surface area contributed by atoms with Crippen LogP contribution < -0.4 is 0 Å². The second-order valence-electron chi connectivity index (χ2n) is 4.48. The van der Waals surface area contributed by atoms with Crippen LogP contribution in [0, 0.1) is 30.9 Å². The largest absolute Gasteiger partial charge is 0.388 e. The minimum Gasteiger partial charge on any atom is -0.388 e. The molecule has 0 spiro atoms. The van der Waals surface area contributed by atoms with Crippen molar-refractivity contribution in [2.45, 2.75) is 33.8 Å². The highest BCUT2D eigenvalue weighted by molar-refractivity contribution is 7.15. The van der Waals surface area contributed by atoms with Gasteiger partial charge in [0, 0.05) is 16.6 Å². The molecule has 1 atom stereocenters. The SMILES string of the molecule is Cc1nn(-c2sc([C@@H](C)O)cc2[N+](=O)[O-])c(C)c1C. The molecule has 2 aromatic rings. The van der Waals surface area contributed by atoms with Crippen molar-refractivity contribution in [3.8, 4) is 5.00 Å². The van der Waals surface area contributed by atoms with E-state index in [4.69, 9.17) is 0 Å². The Labute approximate surface area is 114 Å². The first-order valence-corrected chi connectivity index (χ1v) is 6.64. The number of aliphatic hydroxyl groups is 1. The molecule has 2 aromatic heterocycles. The third-order valence-electron chi connectivity index (χ3n) is 3.17. The molecule has 6 nitrogen and oxygen atoms in total. The molecule has 0 bridgehead atoms. The summed E-state index contributed by atoms with van der Waals surface area (Å²) in [4.78, 5) is 11.2. The van der Waals surface area contributed by atoms with E-state index in [1.165, 1.54) is 17.4 Å². The van der Waals surface area contributed by atoms with E-state index in [2.05, 4.69) is 5.10 Å². The van der Waals surface area contributed by atoms with Gasteiger partial charge in [0.15, 0.2) is 5.00 Å². The molecule has 1 N–H and O–H groups in total. The van der Waals surface area contributed by atoms with E-state index in [1.807, 2.05) is 20.8 Å². The van der Waals surface area contributed by atoms with E-state index in [9.17, 15) is 15.2 Å². The number of hydrogen-bond acceptors (Lipinski definition) is 5. The molecule has 0 aliphatic carbocycles. The maximum atomic E-state index is 11.1. The topological polar surface area (TPSA) is 81.2 Å². The van der Waals surface area contributed by atoms with Gasteiger partial charge in [0.05, 0.1) is 16.7 Å². The second kappa shape index (κ2) is 4.75. The molecule has 102 valence electrons. The number of aryl methyl sites for hydroxylation is 1. The fourth-order valence-corrected chi connectivity index (χ4v) is 2.86. The number of aliphatic hydroxyl groups excluding tert-OH is 1. The average Bonchev–Trinajstić information content (AvgIpc) is 2.87. The summed E-state index contributed by atoms with van der Waals surface area (Å²) in [6, 6.07) is 1.41. The molecule has 0 aliphatic rings. The van der Waals surface area contributed by atoms with Crippen molar-refractivity contribution in [2.24, 2.45) is 0 Å². The number of nitrogens with zero attached hydrogens (tertiary/aromatic N) is 3. The zero-order valence-corrected chi connectivity index (χ0v) is 12.0. The van der Waals surface area contributed by atoms with Crippen molar-refractivity contribution in [2.75, 3.05) is 0 Å². The van der Waals surface area contributed by atoms with E-state index < -0.39 is 11.0 Å². The number of hydrogen-bond donors (Lipinski definition) is 1. The molecule has 0 saturated heterocycles. The van der Waals surface area contributed by atoms with Crippen LogP contribution in [0.5, 0.6) is 0 Å². The molecule has 0 aromatic carbocycles. The fraction of sp³-hybridized carbons (Fsp3) is 0.417. The predicted octanol–water partition coefficient (Wildman–Crippen LogP) is 2.82. The van der Waals surface area contributed by atoms with Gasteiger partial charge in [-0.3, -0.25) is 10.1 Å². The molecule has 7 heteroatoms. The van der Waals surface area contributed by atoms with Crippen LogP contribution in [0.1, 0.15) is 34.9 Å². The van der Waals surface area contributed by atoms with Gasteiger partial charge in [-0.1, -0.05) is 0 Å². The summed E-state index contributed by atoms with van der Waals surface area (Å²) in [5.74, 6) is 0. The first kappa shape index (κ1) is 13.7. The van der Waals surface area contributed by atoms with Crippen molar-refractivity contribution in [3.63, 3.8) is 0 Å². The summed E-state index contributed by atoms with van der Waals surface area (Å²) >= 11 is 1.19. The van der Waals surface area contributed by atoms with Crippen LogP contribution >= 0.6 is 11.3 Å². The lowest BCUT2D eigenvalue weighted by Gasteiger charge is -2.01. The van der Waals surface area contributed by atoms with Crippen molar-refractivity contribution in [1.82, 2.24) is 9.78 Å². The van der Waals surface area contributed by atoms with Gasteiger partial charge in [0.1, 0.15) is 0 Å². The zero-order chi connectivity index (χ0) is 14.3. The maximum absolute atomic E-state index is 11.1. The number of rotatable bonds is 3. The van der Waals surface area contributed by atoms with Crippen LogP contribution in [0.3, 0.4) is 0 Å². The van der Waals surface area contributed by atoms with Crippen molar-refractivity contribution >= 4 is 17.0 Å². The molecular weight excluding hydrogens is 266 g/mol. The number of thiophene rings is 1. The van der Waals surface area contributed by atoms with Gasteiger partial charge >= 0.3 is 5.69 Å². The first-order chi connectivity index (χ1) is 8.82. The highest BCUT2D eigenvalue weighted by atomic mass is 32.1. The molecule has 19 heavy (non-hydrogen) atoms. The van der Waals surface area contributed by atoms with Gasteiger partial charge in [-0.15, -0.1) is 11.3 Å². The number of aromatic nitrogens is 2. The minimum absolute atomic E-state index is 0.0218. The first-order valence-electron chi connectivity index (χ1n) is 5.82. The molecule has 0 saturated carbocycles. The van der Waals surface area contributed by atoms with E-state index in [0.717, 1.165) is 17.0 Å². The van der Waals surface area contributed by atoms with E-state index >= 15 is 0 Å². The highest BCUT2D eigenvalue weighted by Gasteiger charge is 2.24. The van der Waals surface area contributed by atoms with Gasteiger partial charge in [-0.05, 0) is 33.3 Å². The van der Waals surface area contributed by atoms with Crippen LogP contribution in [0.2, 0.25) is 0 Å². The standard InChI is InChI=1S/C12H15N3O3S/c1-6-7(2)13-14(8(6)3)12-10(15(17)18)5-11(19-12)9(4)16/h5,9,16H,1-4H3/t9-/m1/s1. The van der Waals surface area contributed by atoms with Gasteiger partial charge < -0.3 is 5.11 Å². The maximum Gasteiger partial charge on any atom is 0.306 e.